The maximum absolute atomic E-state index is 10.6. The van der Waals surface area contributed by atoms with Crippen LogP contribution in [-0.4, -0.2) is 28.2 Å². The summed E-state index contributed by atoms with van der Waals surface area (Å²) in [5.41, 5.74) is 6.47. The van der Waals surface area contributed by atoms with Crippen LogP contribution in [0.25, 0.3) is 0 Å². The number of ether oxygens (including phenoxy) is 2. The summed E-state index contributed by atoms with van der Waals surface area (Å²) in [5, 5.41) is 0. The standard InChI is InChI=1S/C11H17NO4S/c1-3-16-11-6-8(4-5-10(11)15-2)9(12)7-17(13)14/h4-6,9H,3,7,12H2,1-2H3,(H,13,14)/p-1/i7+1. The molecule has 0 bridgehead atoms. The van der Waals surface area contributed by atoms with Crippen LogP contribution >= 0.6 is 0 Å². The van der Waals surface area contributed by atoms with Gasteiger partial charge < -0.3 is 19.8 Å². The maximum Gasteiger partial charge on any atom is 0.161 e. The van der Waals surface area contributed by atoms with E-state index in [0.717, 1.165) is 0 Å². The van der Waals surface area contributed by atoms with Crippen molar-refractivity contribution < 1.29 is 18.2 Å². The van der Waals surface area contributed by atoms with Crippen molar-refractivity contribution in [2.45, 2.75) is 13.0 Å². The van der Waals surface area contributed by atoms with E-state index in [1.54, 1.807) is 25.3 Å². The van der Waals surface area contributed by atoms with E-state index in [9.17, 15) is 8.76 Å². The lowest BCUT2D eigenvalue weighted by molar-refractivity contribution is 0.310. The van der Waals surface area contributed by atoms with Gasteiger partial charge in [-0.3, -0.25) is 4.21 Å². The second-order valence-electron chi connectivity index (χ2n) is 3.42. The Kier molecular flexibility index (Phi) is 5.40. The number of rotatable bonds is 6. The number of benzene rings is 1. The predicted molar refractivity (Wildman–Crippen MR) is 64.9 cm³/mol. The van der Waals surface area contributed by atoms with Gasteiger partial charge in [0.2, 0.25) is 0 Å². The van der Waals surface area contributed by atoms with E-state index >= 15 is 0 Å². The fourth-order valence-corrected chi connectivity index (χ4v) is 1.92. The van der Waals surface area contributed by atoms with Crippen molar-refractivity contribution in [3.63, 3.8) is 0 Å². The first kappa shape index (κ1) is 14.0. The van der Waals surface area contributed by atoms with Gasteiger partial charge >= 0.3 is 0 Å². The molecule has 0 fully saturated rings. The summed E-state index contributed by atoms with van der Waals surface area (Å²) in [6.45, 7) is 2.36. The first-order chi connectivity index (χ1) is 8.08. The van der Waals surface area contributed by atoms with Crippen molar-refractivity contribution in [3.8, 4) is 11.5 Å². The van der Waals surface area contributed by atoms with Crippen molar-refractivity contribution in [1.29, 1.82) is 0 Å². The minimum Gasteiger partial charge on any atom is -0.772 e. The zero-order valence-electron chi connectivity index (χ0n) is 9.84. The summed E-state index contributed by atoms with van der Waals surface area (Å²) in [7, 11) is 1.55. The number of methoxy groups -OCH3 is 1. The summed E-state index contributed by atoms with van der Waals surface area (Å²) in [5.74, 6) is 1.06. The van der Waals surface area contributed by atoms with E-state index in [4.69, 9.17) is 15.2 Å². The molecule has 0 heterocycles. The highest BCUT2D eigenvalue weighted by Crippen LogP contribution is 2.29. The molecule has 5 nitrogen and oxygen atoms in total. The third kappa shape index (κ3) is 3.99. The highest BCUT2D eigenvalue weighted by Gasteiger charge is 2.10. The Bertz CT molecular complexity index is 397. The van der Waals surface area contributed by atoms with Crippen molar-refractivity contribution >= 4 is 11.1 Å². The van der Waals surface area contributed by atoms with Gasteiger partial charge in [0.1, 0.15) is 0 Å². The normalized spacial score (nSPS) is 14.1. The molecule has 17 heavy (non-hydrogen) atoms. The quantitative estimate of drug-likeness (QED) is 0.608. The van der Waals surface area contributed by atoms with Crippen LogP contribution in [0.2, 0.25) is 0 Å². The largest absolute Gasteiger partial charge is 0.772 e. The average Bonchev–Trinajstić information content (AvgIpc) is 2.28. The van der Waals surface area contributed by atoms with E-state index < -0.39 is 17.1 Å². The van der Waals surface area contributed by atoms with Gasteiger partial charge in [-0.2, -0.15) is 0 Å². The molecule has 6 heteroatoms. The molecule has 2 atom stereocenters. The van der Waals surface area contributed by atoms with Gasteiger partial charge in [-0.15, -0.1) is 0 Å². The molecule has 0 aliphatic heterocycles. The molecule has 2 N–H and O–H groups in total. The number of nitrogens with two attached hydrogens (primary N) is 1. The summed E-state index contributed by atoms with van der Waals surface area (Å²) in [4.78, 5) is 0. The predicted octanol–water partition coefficient (Wildman–Crippen LogP) is 0.973. The first-order valence-corrected chi connectivity index (χ1v) is 6.45. The molecule has 1 rings (SSSR count). The van der Waals surface area contributed by atoms with Gasteiger partial charge in [-0.25, -0.2) is 0 Å². The highest BCUT2D eigenvalue weighted by molar-refractivity contribution is 7.79. The van der Waals surface area contributed by atoms with Crippen molar-refractivity contribution in [1.82, 2.24) is 0 Å². The Morgan fingerprint density at radius 2 is 2.18 bits per heavy atom. The van der Waals surface area contributed by atoms with Crippen LogP contribution in [0.5, 0.6) is 11.5 Å². The first-order valence-electron chi connectivity index (χ1n) is 5.20. The van der Waals surface area contributed by atoms with Crippen LogP contribution in [0.15, 0.2) is 18.2 Å². The van der Waals surface area contributed by atoms with Gasteiger partial charge in [0.05, 0.1) is 13.7 Å². The molecule has 0 spiro atoms. The highest BCUT2D eigenvalue weighted by atomic mass is 32.2. The molecule has 0 aliphatic rings. The Labute approximate surface area is 103 Å². The van der Waals surface area contributed by atoms with Crippen LogP contribution in [-0.2, 0) is 11.1 Å². The molecule has 96 valence electrons. The Balaban J connectivity index is 2.94. The summed E-state index contributed by atoms with van der Waals surface area (Å²) in [6, 6.07) is 4.60. The van der Waals surface area contributed by atoms with Crippen LogP contribution in [0.3, 0.4) is 0 Å². The molecule has 0 amide bonds. The SMILES string of the molecule is CCOc1cc(C(N)[13CH2]S(=O)[O-])ccc1OC. The zero-order valence-corrected chi connectivity index (χ0v) is 10.7. The van der Waals surface area contributed by atoms with Gasteiger partial charge in [-0.05, 0) is 24.6 Å². The van der Waals surface area contributed by atoms with E-state index in [1.807, 2.05) is 6.92 Å². The van der Waals surface area contributed by atoms with Crippen LogP contribution in [0.1, 0.15) is 18.5 Å². The molecule has 1 aromatic carbocycles. The van der Waals surface area contributed by atoms with E-state index in [2.05, 4.69) is 0 Å². The van der Waals surface area contributed by atoms with E-state index in [1.165, 1.54) is 0 Å². The van der Waals surface area contributed by atoms with Crippen LogP contribution in [0, 0.1) is 0 Å². The third-order valence-corrected chi connectivity index (χ3v) is 2.86. The van der Waals surface area contributed by atoms with E-state index in [0.29, 0.717) is 23.7 Å². The van der Waals surface area contributed by atoms with Gasteiger partial charge in [0.25, 0.3) is 0 Å². The lowest BCUT2D eigenvalue weighted by atomic mass is 10.1. The minimum atomic E-state index is -2.16. The number of hydrogen-bond donors (Lipinski definition) is 1. The molecule has 0 radical (unpaired) electrons. The summed E-state index contributed by atoms with van der Waals surface area (Å²) >= 11 is -2.16. The van der Waals surface area contributed by atoms with Gasteiger partial charge in [-0.1, -0.05) is 17.1 Å². The molecular weight excluding hydrogens is 243 g/mol. The lowest BCUT2D eigenvalue weighted by Gasteiger charge is -2.16. The molecule has 1 aromatic rings. The van der Waals surface area contributed by atoms with Gasteiger partial charge in [0, 0.05) is 11.8 Å². The average molecular weight is 259 g/mol. The fraction of sp³-hybridized carbons (Fsp3) is 0.455. The molecule has 0 saturated carbocycles. The van der Waals surface area contributed by atoms with Crippen LogP contribution < -0.4 is 15.2 Å². The fourth-order valence-electron chi connectivity index (χ4n) is 1.44. The summed E-state index contributed by atoms with van der Waals surface area (Å²) in [6.07, 6.45) is 0. The second-order valence-corrected chi connectivity index (χ2v) is 4.36. The lowest BCUT2D eigenvalue weighted by Crippen LogP contribution is -2.18. The summed E-state index contributed by atoms with van der Waals surface area (Å²) < 4.78 is 31.7. The Morgan fingerprint density at radius 1 is 1.47 bits per heavy atom. The monoisotopic (exact) mass is 259 g/mol. The molecule has 2 unspecified atom stereocenters. The van der Waals surface area contributed by atoms with E-state index in [-0.39, 0.29) is 5.75 Å². The van der Waals surface area contributed by atoms with Crippen molar-refractivity contribution in [3.05, 3.63) is 23.8 Å². The Morgan fingerprint density at radius 3 is 2.71 bits per heavy atom. The van der Waals surface area contributed by atoms with Crippen LogP contribution in [0.4, 0.5) is 0 Å². The number of hydrogen-bond acceptors (Lipinski definition) is 5. The zero-order chi connectivity index (χ0) is 12.8. The molecule has 0 aromatic heterocycles. The maximum atomic E-state index is 10.6. The Hall–Kier alpha value is -1.11. The van der Waals surface area contributed by atoms with Gasteiger partial charge in [0.15, 0.2) is 11.5 Å². The minimum absolute atomic E-state index is 0.113. The second kappa shape index (κ2) is 6.58. The molecule has 0 aliphatic carbocycles. The molecular formula is C11H16NO4S-. The topological polar surface area (TPSA) is 84.6 Å². The smallest absolute Gasteiger partial charge is 0.161 e. The third-order valence-electron chi connectivity index (χ3n) is 2.23. The molecule has 0 saturated heterocycles. The van der Waals surface area contributed by atoms with Crippen molar-refractivity contribution in [2.75, 3.05) is 19.5 Å². The van der Waals surface area contributed by atoms with Crippen molar-refractivity contribution in [2.24, 2.45) is 5.73 Å².